The van der Waals surface area contributed by atoms with Gasteiger partial charge in [-0.15, -0.1) is 0 Å². The van der Waals surface area contributed by atoms with E-state index in [1.54, 1.807) is 12.4 Å². The maximum absolute atomic E-state index is 13.4. The number of rotatable bonds is 10. The molecule has 364 valence electrons. The average Bonchev–Trinajstić information content (AvgIpc) is 3.89. The van der Waals surface area contributed by atoms with E-state index < -0.39 is 23.8 Å². The SMILES string of the molecule is Nc1ncnc2c1c(-c1ccc(Oc3ccccc3)cc1)nn2C1CCN(C2CN(C3CCN(C4CCN(C5CCN(c6ccc7c(c6)C(=O)N(C6CCC(=O)NC6=O)C7=O)CC5)CC4)CC3)C2)CC1. The second-order valence-electron chi connectivity index (χ2n) is 20.5. The molecule has 0 spiro atoms. The highest BCUT2D eigenvalue weighted by Gasteiger charge is 2.45. The van der Waals surface area contributed by atoms with E-state index in [0.29, 0.717) is 41.1 Å². The monoisotopic (exact) mass is 946 g/mol. The number of imide groups is 2. The number of likely N-dealkylation sites (tertiary alicyclic amines) is 4. The number of amides is 4. The number of nitrogens with zero attached hydrogens (tertiary/aromatic N) is 10. The first kappa shape index (κ1) is 44.9. The first-order valence-electron chi connectivity index (χ1n) is 25.6. The summed E-state index contributed by atoms with van der Waals surface area (Å²) in [6.45, 7) is 10.9. The zero-order valence-electron chi connectivity index (χ0n) is 39.7. The molecule has 70 heavy (non-hydrogen) atoms. The molecular weight excluding hydrogens is 885 g/mol. The molecular formula is C53H62N12O5. The zero-order chi connectivity index (χ0) is 47.5. The molecule has 6 fully saturated rings. The van der Waals surface area contributed by atoms with E-state index in [9.17, 15) is 19.2 Å². The Morgan fingerprint density at radius 2 is 1.17 bits per heavy atom. The molecule has 17 heteroatoms. The zero-order valence-corrected chi connectivity index (χ0v) is 39.7. The Labute approximate surface area is 407 Å². The van der Waals surface area contributed by atoms with Gasteiger partial charge in [0.05, 0.1) is 22.6 Å². The summed E-state index contributed by atoms with van der Waals surface area (Å²) in [6, 6.07) is 25.1. The van der Waals surface area contributed by atoms with Gasteiger partial charge in [-0.1, -0.05) is 18.2 Å². The second kappa shape index (κ2) is 18.8. The van der Waals surface area contributed by atoms with Crippen molar-refractivity contribution in [2.75, 3.05) is 76.1 Å². The molecule has 0 saturated carbocycles. The smallest absolute Gasteiger partial charge is 0.262 e. The number of nitrogens with one attached hydrogen (secondary N) is 1. The van der Waals surface area contributed by atoms with E-state index in [0.717, 1.165) is 109 Å². The predicted octanol–water partition coefficient (Wildman–Crippen LogP) is 5.19. The first-order valence-corrected chi connectivity index (χ1v) is 25.6. The minimum atomic E-state index is -0.953. The molecule has 3 aromatic carbocycles. The Bertz CT molecular complexity index is 2770. The second-order valence-corrected chi connectivity index (χ2v) is 20.5. The molecule has 0 aliphatic carbocycles. The number of anilines is 2. The number of fused-ring (bicyclic) bond motifs is 2. The number of nitrogen functional groups attached to an aromatic ring is 1. The van der Waals surface area contributed by atoms with E-state index in [2.05, 4.69) is 39.5 Å². The van der Waals surface area contributed by atoms with Crippen molar-refractivity contribution in [3.8, 4) is 22.8 Å². The number of hydrogen-bond acceptors (Lipinski definition) is 14. The van der Waals surface area contributed by atoms with Gasteiger partial charge < -0.3 is 25.2 Å². The Morgan fingerprint density at radius 1 is 0.586 bits per heavy atom. The van der Waals surface area contributed by atoms with Gasteiger partial charge in [0.25, 0.3) is 11.8 Å². The molecule has 1 unspecified atom stereocenters. The van der Waals surface area contributed by atoms with E-state index in [4.69, 9.17) is 20.6 Å². The lowest BCUT2D eigenvalue weighted by Gasteiger charge is -2.52. The van der Waals surface area contributed by atoms with Gasteiger partial charge in [-0.2, -0.15) is 5.10 Å². The van der Waals surface area contributed by atoms with E-state index in [1.807, 2.05) is 66.7 Å². The molecule has 6 saturated heterocycles. The predicted molar refractivity (Wildman–Crippen MR) is 264 cm³/mol. The summed E-state index contributed by atoms with van der Waals surface area (Å²) in [7, 11) is 0. The van der Waals surface area contributed by atoms with E-state index >= 15 is 0 Å². The van der Waals surface area contributed by atoms with Crippen molar-refractivity contribution in [3.05, 3.63) is 90.3 Å². The van der Waals surface area contributed by atoms with Crippen molar-refractivity contribution in [2.24, 2.45) is 0 Å². The van der Waals surface area contributed by atoms with Gasteiger partial charge in [0.1, 0.15) is 35.4 Å². The van der Waals surface area contributed by atoms with Gasteiger partial charge in [0.15, 0.2) is 5.65 Å². The van der Waals surface area contributed by atoms with E-state index in [-0.39, 0.29) is 24.8 Å². The number of benzene rings is 3. The van der Waals surface area contributed by atoms with Crippen LogP contribution in [-0.4, -0.2) is 164 Å². The van der Waals surface area contributed by atoms with E-state index in [1.165, 1.54) is 51.9 Å². The highest BCUT2D eigenvalue weighted by atomic mass is 16.5. The van der Waals surface area contributed by atoms with Crippen molar-refractivity contribution in [3.63, 3.8) is 0 Å². The van der Waals surface area contributed by atoms with Crippen molar-refractivity contribution in [2.45, 2.75) is 100 Å². The van der Waals surface area contributed by atoms with Crippen molar-refractivity contribution >= 4 is 46.2 Å². The van der Waals surface area contributed by atoms with Crippen LogP contribution in [-0.2, 0) is 9.59 Å². The van der Waals surface area contributed by atoms with Crippen LogP contribution in [0.4, 0.5) is 11.5 Å². The lowest BCUT2D eigenvalue weighted by atomic mass is 9.92. The number of carbonyl (C=O) groups is 4. The highest BCUT2D eigenvalue weighted by Crippen LogP contribution is 2.38. The first-order chi connectivity index (χ1) is 34.2. The molecule has 0 radical (unpaired) electrons. The fourth-order valence-corrected chi connectivity index (χ4v) is 12.6. The minimum absolute atomic E-state index is 0.109. The fraction of sp³-hybridized carbons (Fsp3) is 0.491. The molecule has 4 amide bonds. The maximum Gasteiger partial charge on any atom is 0.262 e. The van der Waals surface area contributed by atoms with Gasteiger partial charge in [0.2, 0.25) is 11.8 Å². The summed E-state index contributed by atoms with van der Waals surface area (Å²) in [6.07, 6.45) is 11.0. The van der Waals surface area contributed by atoms with Crippen LogP contribution in [0.1, 0.15) is 91.0 Å². The third kappa shape index (κ3) is 8.49. The summed E-state index contributed by atoms with van der Waals surface area (Å²) in [5.41, 5.74) is 10.7. The number of carbonyl (C=O) groups excluding carboxylic acids is 4. The average molecular weight is 947 g/mol. The number of piperidine rings is 5. The molecule has 1 atom stereocenters. The number of para-hydroxylation sites is 1. The van der Waals surface area contributed by atoms with Crippen LogP contribution in [0.5, 0.6) is 11.5 Å². The minimum Gasteiger partial charge on any atom is -0.457 e. The van der Waals surface area contributed by atoms with Gasteiger partial charge in [-0.3, -0.25) is 39.2 Å². The molecule has 17 nitrogen and oxygen atoms in total. The van der Waals surface area contributed by atoms with Crippen LogP contribution in [0.3, 0.4) is 0 Å². The van der Waals surface area contributed by atoms with Crippen LogP contribution in [0.15, 0.2) is 79.1 Å². The van der Waals surface area contributed by atoms with Crippen LogP contribution in [0.25, 0.3) is 22.3 Å². The molecule has 7 aliphatic heterocycles. The van der Waals surface area contributed by atoms with Crippen LogP contribution >= 0.6 is 0 Å². The van der Waals surface area contributed by atoms with Crippen molar-refractivity contribution in [1.82, 2.24) is 49.6 Å². The Morgan fingerprint density at radius 3 is 1.83 bits per heavy atom. The van der Waals surface area contributed by atoms with Crippen LogP contribution in [0.2, 0.25) is 0 Å². The third-order valence-corrected chi connectivity index (χ3v) is 16.7. The lowest BCUT2D eigenvalue weighted by Crippen LogP contribution is -2.64. The Hall–Kier alpha value is -6.27. The van der Waals surface area contributed by atoms with Crippen molar-refractivity contribution in [1.29, 1.82) is 0 Å². The quantitative estimate of drug-likeness (QED) is 0.175. The lowest BCUT2D eigenvalue weighted by molar-refractivity contribution is -0.136. The summed E-state index contributed by atoms with van der Waals surface area (Å²) in [5, 5.41) is 8.25. The summed E-state index contributed by atoms with van der Waals surface area (Å²) in [5.74, 6) is 0.128. The normalized spacial score (nSPS) is 23.6. The molecule has 12 rings (SSSR count). The largest absolute Gasteiger partial charge is 0.457 e. The Kier molecular flexibility index (Phi) is 12.1. The summed E-state index contributed by atoms with van der Waals surface area (Å²) >= 11 is 0. The van der Waals surface area contributed by atoms with Crippen LogP contribution in [0, 0.1) is 0 Å². The summed E-state index contributed by atoms with van der Waals surface area (Å²) in [4.78, 5) is 74.2. The summed E-state index contributed by atoms with van der Waals surface area (Å²) < 4.78 is 8.15. The number of hydrogen-bond donors (Lipinski definition) is 2. The van der Waals surface area contributed by atoms with Crippen LogP contribution < -0.4 is 20.7 Å². The molecule has 9 heterocycles. The molecule has 7 aliphatic rings. The molecule has 3 N–H and O–H groups in total. The maximum atomic E-state index is 13.4. The van der Waals surface area contributed by atoms with Gasteiger partial charge in [0, 0.05) is 81.1 Å². The Balaban J connectivity index is 0.574. The number of nitrogens with two attached hydrogens (primary N) is 1. The molecule has 0 bridgehead atoms. The fourth-order valence-electron chi connectivity index (χ4n) is 12.6. The number of aromatic nitrogens is 4. The number of ether oxygens (including phenoxy) is 1. The topological polar surface area (TPSA) is 179 Å². The van der Waals surface area contributed by atoms with Crippen molar-refractivity contribution < 1.29 is 23.9 Å². The standard InChI is InChI=1S/C53H62N12O5/c54-49-47-48(34-6-9-42(10-7-34)70-41-4-2-1-3-5-41)58-65(50(47)56-33-55-49)38-20-28-62(29-21-38)40-31-63(32-40)37-18-24-60(25-19-37)35-14-22-59(23-15-35)36-16-26-61(27-17-36)39-8-11-43-44(30-39)53(69)64(52(43)68)45-12-13-46(66)57-51(45)67/h1-11,30,33,35-38,40,45H,12-29,31-32H2,(H2,54,55,56)(H,57,66,67). The third-order valence-electron chi connectivity index (χ3n) is 16.7. The van der Waals surface area contributed by atoms with Gasteiger partial charge in [-0.25, -0.2) is 14.6 Å². The highest BCUT2D eigenvalue weighted by molar-refractivity contribution is 6.23. The van der Waals surface area contributed by atoms with Gasteiger partial charge in [-0.05, 0) is 139 Å². The van der Waals surface area contributed by atoms with Gasteiger partial charge >= 0.3 is 0 Å². The molecule has 2 aromatic heterocycles. The molecule has 5 aromatic rings.